The fraction of sp³-hybridized carbons (Fsp3) is 0.526. The molecule has 7 heteroatoms. The number of H-pyrrole nitrogens is 1. The number of hydrogen-bond acceptors (Lipinski definition) is 5. The first-order chi connectivity index (χ1) is 12.7. The molecular formula is C19H25N5O2. The molecule has 2 aromatic heterocycles. The van der Waals surface area contributed by atoms with Gasteiger partial charge in [0.2, 0.25) is 0 Å². The van der Waals surface area contributed by atoms with Gasteiger partial charge in [0.25, 0.3) is 5.91 Å². The molecule has 0 aromatic carbocycles. The standard InChI is InChI=1S/C19H25N5O2/c1-2-15-12-17(22-14-21-15)23-8-5-19(6-9-23)13-24(10-11-26-19)18(25)16-4-3-7-20-16/h3-4,7,12,14,20H,2,5-6,8-11,13H2,1H3. The van der Waals surface area contributed by atoms with E-state index >= 15 is 0 Å². The van der Waals surface area contributed by atoms with E-state index in [2.05, 4.69) is 32.8 Å². The average molecular weight is 355 g/mol. The van der Waals surface area contributed by atoms with Crippen LogP contribution in [0.4, 0.5) is 5.82 Å². The van der Waals surface area contributed by atoms with Gasteiger partial charge >= 0.3 is 0 Å². The quantitative estimate of drug-likeness (QED) is 0.910. The molecule has 2 saturated heterocycles. The highest BCUT2D eigenvalue weighted by Crippen LogP contribution is 2.32. The maximum atomic E-state index is 12.7. The lowest BCUT2D eigenvalue weighted by atomic mass is 9.89. The third kappa shape index (κ3) is 3.31. The molecule has 2 fully saturated rings. The molecule has 0 radical (unpaired) electrons. The van der Waals surface area contributed by atoms with E-state index in [-0.39, 0.29) is 11.5 Å². The Morgan fingerprint density at radius 3 is 2.88 bits per heavy atom. The van der Waals surface area contributed by atoms with E-state index in [0.29, 0.717) is 25.4 Å². The van der Waals surface area contributed by atoms with Gasteiger partial charge in [-0.1, -0.05) is 6.92 Å². The smallest absolute Gasteiger partial charge is 0.270 e. The van der Waals surface area contributed by atoms with Crippen LogP contribution >= 0.6 is 0 Å². The molecule has 2 aliphatic heterocycles. The van der Waals surface area contributed by atoms with Gasteiger partial charge in [-0.3, -0.25) is 4.79 Å². The fourth-order valence-electron chi connectivity index (χ4n) is 3.85. The molecule has 4 rings (SSSR count). The molecule has 7 nitrogen and oxygen atoms in total. The van der Waals surface area contributed by atoms with Crippen LogP contribution in [0.2, 0.25) is 0 Å². The van der Waals surface area contributed by atoms with Crippen LogP contribution in [0.25, 0.3) is 0 Å². The Balaban J connectivity index is 1.42. The van der Waals surface area contributed by atoms with Gasteiger partial charge in [0.05, 0.1) is 18.8 Å². The van der Waals surface area contributed by atoms with Gasteiger partial charge in [-0.15, -0.1) is 0 Å². The van der Waals surface area contributed by atoms with Crippen LogP contribution in [0, 0.1) is 0 Å². The van der Waals surface area contributed by atoms with E-state index < -0.39 is 0 Å². The van der Waals surface area contributed by atoms with Crippen LogP contribution in [0.1, 0.15) is 35.9 Å². The van der Waals surface area contributed by atoms with Gasteiger partial charge in [-0.05, 0) is 31.4 Å². The molecule has 2 aromatic rings. The molecule has 138 valence electrons. The summed E-state index contributed by atoms with van der Waals surface area (Å²) in [7, 11) is 0. The van der Waals surface area contributed by atoms with Crippen molar-refractivity contribution >= 4 is 11.7 Å². The predicted octanol–water partition coefficient (Wildman–Crippen LogP) is 1.88. The second kappa shape index (κ2) is 7.07. The van der Waals surface area contributed by atoms with E-state index in [9.17, 15) is 4.79 Å². The van der Waals surface area contributed by atoms with Crippen LogP contribution in [0.3, 0.4) is 0 Å². The van der Waals surface area contributed by atoms with Crippen molar-refractivity contribution in [3.05, 3.63) is 42.1 Å². The molecule has 0 atom stereocenters. The monoisotopic (exact) mass is 355 g/mol. The van der Waals surface area contributed by atoms with Gasteiger partial charge in [-0.25, -0.2) is 9.97 Å². The maximum Gasteiger partial charge on any atom is 0.270 e. The van der Waals surface area contributed by atoms with E-state index in [1.54, 1.807) is 12.5 Å². The lowest BCUT2D eigenvalue weighted by molar-refractivity contribution is -0.111. The van der Waals surface area contributed by atoms with Gasteiger partial charge in [0.1, 0.15) is 17.8 Å². The Kier molecular flexibility index (Phi) is 4.63. The topological polar surface area (TPSA) is 74.4 Å². The molecular weight excluding hydrogens is 330 g/mol. The number of rotatable bonds is 3. The number of aryl methyl sites for hydroxylation is 1. The number of nitrogens with zero attached hydrogens (tertiary/aromatic N) is 4. The highest BCUT2D eigenvalue weighted by atomic mass is 16.5. The van der Waals surface area contributed by atoms with Crippen molar-refractivity contribution in [2.45, 2.75) is 31.8 Å². The first kappa shape index (κ1) is 17.0. The van der Waals surface area contributed by atoms with Crippen LogP contribution < -0.4 is 4.90 Å². The number of piperidine rings is 1. The summed E-state index contributed by atoms with van der Waals surface area (Å²) in [5.74, 6) is 1.05. The Labute approximate surface area is 153 Å². The molecule has 0 aliphatic carbocycles. The number of anilines is 1. The van der Waals surface area contributed by atoms with Crippen LogP contribution in [-0.2, 0) is 11.2 Å². The number of hydrogen-bond donors (Lipinski definition) is 1. The summed E-state index contributed by atoms with van der Waals surface area (Å²) in [6, 6.07) is 5.75. The van der Waals surface area contributed by atoms with Crippen LogP contribution in [-0.4, -0.2) is 64.1 Å². The Morgan fingerprint density at radius 2 is 2.15 bits per heavy atom. The number of morpholine rings is 1. The summed E-state index contributed by atoms with van der Waals surface area (Å²) in [6.45, 7) is 5.76. The summed E-state index contributed by atoms with van der Waals surface area (Å²) >= 11 is 0. The third-order valence-electron chi connectivity index (χ3n) is 5.43. The summed E-state index contributed by atoms with van der Waals surface area (Å²) < 4.78 is 6.17. The van der Waals surface area contributed by atoms with Gasteiger partial charge in [0, 0.05) is 37.6 Å². The van der Waals surface area contributed by atoms with Crippen molar-refractivity contribution in [2.24, 2.45) is 0 Å². The second-order valence-electron chi connectivity index (χ2n) is 7.05. The van der Waals surface area contributed by atoms with Gasteiger partial charge < -0.3 is 19.5 Å². The zero-order valence-electron chi connectivity index (χ0n) is 15.1. The molecule has 26 heavy (non-hydrogen) atoms. The first-order valence-electron chi connectivity index (χ1n) is 9.32. The lowest BCUT2D eigenvalue weighted by Gasteiger charge is -2.47. The molecule has 0 unspecified atom stereocenters. The predicted molar refractivity (Wildman–Crippen MR) is 98.2 cm³/mol. The zero-order valence-corrected chi connectivity index (χ0v) is 15.1. The molecule has 4 heterocycles. The van der Waals surface area contributed by atoms with Gasteiger partial charge in [-0.2, -0.15) is 0 Å². The molecule has 1 N–H and O–H groups in total. The molecule has 0 bridgehead atoms. The SMILES string of the molecule is CCc1cc(N2CCC3(CC2)CN(C(=O)c2ccc[nH]2)CCO3)ncn1. The summed E-state index contributed by atoms with van der Waals surface area (Å²) in [5, 5.41) is 0. The number of carbonyl (C=O) groups excluding carboxylic acids is 1. The zero-order chi connectivity index (χ0) is 18.0. The van der Waals surface area contributed by atoms with Crippen molar-refractivity contribution in [1.29, 1.82) is 0 Å². The summed E-state index contributed by atoms with van der Waals surface area (Å²) in [5.41, 5.74) is 1.47. The van der Waals surface area contributed by atoms with Crippen molar-refractivity contribution in [3.63, 3.8) is 0 Å². The first-order valence-corrected chi connectivity index (χ1v) is 9.32. The van der Waals surface area contributed by atoms with Gasteiger partial charge in [0.15, 0.2) is 0 Å². The van der Waals surface area contributed by atoms with Crippen LogP contribution in [0.5, 0.6) is 0 Å². The molecule has 1 spiro atoms. The highest BCUT2D eigenvalue weighted by Gasteiger charge is 2.41. The number of carbonyl (C=O) groups is 1. The van der Waals surface area contributed by atoms with Crippen molar-refractivity contribution in [1.82, 2.24) is 19.9 Å². The molecule has 1 amide bonds. The average Bonchev–Trinajstić information content (AvgIpc) is 3.23. The Morgan fingerprint density at radius 1 is 1.31 bits per heavy atom. The fourth-order valence-corrected chi connectivity index (χ4v) is 3.85. The number of nitrogens with one attached hydrogen (secondary N) is 1. The minimum atomic E-state index is -0.238. The maximum absolute atomic E-state index is 12.7. The van der Waals surface area contributed by atoms with E-state index in [1.807, 2.05) is 17.0 Å². The third-order valence-corrected chi connectivity index (χ3v) is 5.43. The largest absolute Gasteiger partial charge is 0.371 e. The minimum Gasteiger partial charge on any atom is -0.371 e. The lowest BCUT2D eigenvalue weighted by Crippen LogP contribution is -2.58. The van der Waals surface area contributed by atoms with Crippen molar-refractivity contribution in [2.75, 3.05) is 37.7 Å². The number of ether oxygens (including phenoxy) is 1. The Bertz CT molecular complexity index is 753. The second-order valence-corrected chi connectivity index (χ2v) is 7.05. The summed E-state index contributed by atoms with van der Waals surface area (Å²) in [6.07, 6.45) is 6.13. The molecule has 2 aliphatic rings. The van der Waals surface area contributed by atoms with Crippen LogP contribution in [0.15, 0.2) is 30.7 Å². The summed E-state index contributed by atoms with van der Waals surface area (Å²) in [4.78, 5) is 28.6. The number of aromatic amines is 1. The molecule has 0 saturated carbocycles. The normalized spacial score (nSPS) is 19.7. The van der Waals surface area contributed by atoms with E-state index in [4.69, 9.17) is 4.74 Å². The van der Waals surface area contributed by atoms with E-state index in [1.165, 1.54) is 0 Å². The van der Waals surface area contributed by atoms with Crippen molar-refractivity contribution < 1.29 is 9.53 Å². The van der Waals surface area contributed by atoms with E-state index in [0.717, 1.165) is 43.9 Å². The van der Waals surface area contributed by atoms with Crippen molar-refractivity contribution in [3.8, 4) is 0 Å². The minimum absolute atomic E-state index is 0.0588. The Hall–Kier alpha value is -2.41. The highest BCUT2D eigenvalue weighted by molar-refractivity contribution is 5.92. The number of aromatic nitrogens is 3. The number of amides is 1.